The van der Waals surface area contributed by atoms with Crippen molar-refractivity contribution in [1.82, 2.24) is 10.2 Å². The highest BCUT2D eigenvalue weighted by molar-refractivity contribution is 5.78. The molecule has 1 unspecified atom stereocenters. The molecule has 0 aromatic rings. The number of amides is 1. The van der Waals surface area contributed by atoms with Crippen molar-refractivity contribution >= 4 is 11.9 Å². The topological polar surface area (TPSA) is 69.6 Å². The van der Waals surface area contributed by atoms with Crippen LogP contribution in [-0.4, -0.2) is 47.1 Å². The molecule has 0 aliphatic heterocycles. The van der Waals surface area contributed by atoms with Crippen molar-refractivity contribution in [3.05, 3.63) is 0 Å². The molecule has 2 N–H and O–H groups in total. The van der Waals surface area contributed by atoms with Crippen molar-refractivity contribution < 1.29 is 14.7 Å². The van der Waals surface area contributed by atoms with E-state index in [-0.39, 0.29) is 31.0 Å². The SMILES string of the molecule is CCCCCC(C)NC(=O)CN(CCC(=O)O)C(C)C. The lowest BCUT2D eigenvalue weighted by molar-refractivity contribution is -0.138. The second-order valence-corrected chi connectivity index (χ2v) is 5.67. The van der Waals surface area contributed by atoms with Crippen LogP contribution in [0.4, 0.5) is 0 Å². The lowest BCUT2D eigenvalue weighted by Gasteiger charge is -2.26. The van der Waals surface area contributed by atoms with Crippen molar-refractivity contribution in [2.24, 2.45) is 0 Å². The van der Waals surface area contributed by atoms with Crippen LogP contribution in [0.25, 0.3) is 0 Å². The number of carboxylic acid groups (broad SMARTS) is 1. The molecular weight excluding hydrogens is 256 g/mol. The smallest absolute Gasteiger partial charge is 0.304 e. The summed E-state index contributed by atoms with van der Waals surface area (Å²) in [5.41, 5.74) is 0. The number of carbonyl (C=O) groups excluding carboxylic acids is 1. The third-order valence-electron chi connectivity index (χ3n) is 3.34. The molecule has 0 fully saturated rings. The molecule has 1 amide bonds. The van der Waals surface area contributed by atoms with Crippen LogP contribution in [0.5, 0.6) is 0 Å². The summed E-state index contributed by atoms with van der Waals surface area (Å²) in [4.78, 5) is 24.4. The van der Waals surface area contributed by atoms with Crippen LogP contribution < -0.4 is 5.32 Å². The Morgan fingerprint density at radius 3 is 2.35 bits per heavy atom. The Labute approximate surface area is 122 Å². The third-order valence-corrected chi connectivity index (χ3v) is 3.34. The van der Waals surface area contributed by atoms with Crippen LogP contribution in [0.15, 0.2) is 0 Å². The van der Waals surface area contributed by atoms with Gasteiger partial charge in [0.15, 0.2) is 0 Å². The number of hydrogen-bond acceptors (Lipinski definition) is 3. The van der Waals surface area contributed by atoms with E-state index in [9.17, 15) is 9.59 Å². The number of rotatable bonds is 11. The minimum absolute atomic E-state index is 0.0203. The van der Waals surface area contributed by atoms with E-state index >= 15 is 0 Å². The molecule has 0 radical (unpaired) electrons. The summed E-state index contributed by atoms with van der Waals surface area (Å²) in [6, 6.07) is 0.345. The summed E-state index contributed by atoms with van der Waals surface area (Å²) in [5.74, 6) is -0.850. The standard InChI is InChI=1S/C15H30N2O3/c1-5-6-7-8-13(4)16-14(18)11-17(12(2)3)10-9-15(19)20/h12-13H,5-11H2,1-4H3,(H,16,18)(H,19,20). The van der Waals surface area contributed by atoms with E-state index in [1.165, 1.54) is 12.8 Å². The lowest BCUT2D eigenvalue weighted by Crippen LogP contribution is -2.44. The Morgan fingerprint density at radius 1 is 1.20 bits per heavy atom. The van der Waals surface area contributed by atoms with Gasteiger partial charge in [-0.3, -0.25) is 14.5 Å². The molecule has 118 valence electrons. The highest BCUT2D eigenvalue weighted by atomic mass is 16.4. The van der Waals surface area contributed by atoms with Crippen molar-refractivity contribution in [3.8, 4) is 0 Å². The predicted octanol–water partition coefficient (Wildman–Crippen LogP) is 2.26. The number of nitrogens with zero attached hydrogens (tertiary/aromatic N) is 1. The fourth-order valence-corrected chi connectivity index (χ4v) is 2.04. The number of unbranched alkanes of at least 4 members (excludes halogenated alkanes) is 2. The van der Waals surface area contributed by atoms with Crippen molar-refractivity contribution in [2.45, 2.75) is 71.9 Å². The van der Waals surface area contributed by atoms with E-state index in [2.05, 4.69) is 12.2 Å². The number of aliphatic carboxylic acids is 1. The molecule has 1 atom stereocenters. The van der Waals surface area contributed by atoms with E-state index in [0.717, 1.165) is 12.8 Å². The van der Waals surface area contributed by atoms with Gasteiger partial charge in [-0.15, -0.1) is 0 Å². The molecule has 0 spiro atoms. The Bertz CT molecular complexity index is 293. The van der Waals surface area contributed by atoms with Gasteiger partial charge in [0.05, 0.1) is 13.0 Å². The first-order valence-corrected chi connectivity index (χ1v) is 7.62. The zero-order valence-corrected chi connectivity index (χ0v) is 13.3. The second kappa shape index (κ2) is 10.7. The molecule has 20 heavy (non-hydrogen) atoms. The van der Waals surface area contributed by atoms with Crippen molar-refractivity contribution in [2.75, 3.05) is 13.1 Å². The van der Waals surface area contributed by atoms with E-state index in [4.69, 9.17) is 5.11 Å². The van der Waals surface area contributed by atoms with Crippen LogP contribution in [-0.2, 0) is 9.59 Å². The fraction of sp³-hybridized carbons (Fsp3) is 0.867. The molecule has 0 aromatic carbocycles. The normalized spacial score (nSPS) is 12.7. The molecule has 5 nitrogen and oxygen atoms in total. The van der Waals surface area contributed by atoms with Crippen LogP contribution in [0.3, 0.4) is 0 Å². The molecule has 0 aliphatic carbocycles. The van der Waals surface area contributed by atoms with E-state index < -0.39 is 5.97 Å². The maximum atomic E-state index is 11.9. The Morgan fingerprint density at radius 2 is 1.85 bits per heavy atom. The molecule has 0 aliphatic rings. The maximum absolute atomic E-state index is 11.9. The summed E-state index contributed by atoms with van der Waals surface area (Å²) >= 11 is 0. The Kier molecular flexibility index (Phi) is 10.1. The molecule has 0 saturated heterocycles. The molecule has 0 saturated carbocycles. The summed E-state index contributed by atoms with van der Waals surface area (Å²) < 4.78 is 0. The van der Waals surface area contributed by atoms with Gasteiger partial charge in [-0.05, 0) is 27.2 Å². The first kappa shape index (κ1) is 18.9. The van der Waals surface area contributed by atoms with E-state index in [1.54, 1.807) is 0 Å². The predicted molar refractivity (Wildman–Crippen MR) is 80.7 cm³/mol. The fourth-order valence-electron chi connectivity index (χ4n) is 2.04. The van der Waals surface area contributed by atoms with Crippen molar-refractivity contribution in [1.29, 1.82) is 0 Å². The van der Waals surface area contributed by atoms with Gasteiger partial charge in [-0.1, -0.05) is 26.2 Å². The molecule has 0 aromatic heterocycles. The van der Waals surface area contributed by atoms with Gasteiger partial charge in [0.2, 0.25) is 5.91 Å². The summed E-state index contributed by atoms with van der Waals surface area (Å²) in [5, 5.41) is 11.7. The second-order valence-electron chi connectivity index (χ2n) is 5.67. The Hall–Kier alpha value is -1.10. The minimum atomic E-state index is -0.830. The van der Waals surface area contributed by atoms with Gasteiger partial charge in [-0.2, -0.15) is 0 Å². The van der Waals surface area contributed by atoms with Crippen LogP contribution in [0.2, 0.25) is 0 Å². The highest BCUT2D eigenvalue weighted by Gasteiger charge is 2.16. The minimum Gasteiger partial charge on any atom is -0.481 e. The van der Waals surface area contributed by atoms with Crippen LogP contribution in [0.1, 0.15) is 59.8 Å². The summed E-state index contributed by atoms with van der Waals surface area (Å²) in [7, 11) is 0. The average molecular weight is 286 g/mol. The molecule has 0 rings (SSSR count). The number of carboxylic acids is 1. The molecule has 5 heteroatoms. The molecule has 0 bridgehead atoms. The summed E-state index contributed by atoms with van der Waals surface area (Å²) in [6.07, 6.45) is 4.56. The van der Waals surface area contributed by atoms with Gasteiger partial charge in [0, 0.05) is 18.6 Å². The Balaban J connectivity index is 4.08. The molecule has 0 heterocycles. The number of nitrogens with one attached hydrogen (secondary N) is 1. The van der Waals surface area contributed by atoms with E-state index in [1.807, 2.05) is 25.7 Å². The first-order chi connectivity index (χ1) is 9.36. The van der Waals surface area contributed by atoms with E-state index in [0.29, 0.717) is 6.54 Å². The summed E-state index contributed by atoms with van der Waals surface area (Å²) in [6.45, 7) is 8.80. The van der Waals surface area contributed by atoms with Crippen molar-refractivity contribution in [3.63, 3.8) is 0 Å². The highest BCUT2D eigenvalue weighted by Crippen LogP contribution is 2.04. The van der Waals surface area contributed by atoms with Gasteiger partial charge in [0.1, 0.15) is 0 Å². The van der Waals surface area contributed by atoms with Gasteiger partial charge in [0.25, 0.3) is 0 Å². The zero-order valence-electron chi connectivity index (χ0n) is 13.3. The quantitative estimate of drug-likeness (QED) is 0.572. The van der Waals surface area contributed by atoms with Gasteiger partial charge < -0.3 is 10.4 Å². The van der Waals surface area contributed by atoms with Crippen LogP contribution in [0, 0.1) is 0 Å². The lowest BCUT2D eigenvalue weighted by atomic mass is 10.1. The molecular formula is C15H30N2O3. The number of hydrogen-bond donors (Lipinski definition) is 2. The van der Waals surface area contributed by atoms with Crippen LogP contribution >= 0.6 is 0 Å². The zero-order chi connectivity index (χ0) is 15.5. The van der Waals surface area contributed by atoms with Gasteiger partial charge in [-0.25, -0.2) is 0 Å². The average Bonchev–Trinajstić information content (AvgIpc) is 2.34. The monoisotopic (exact) mass is 286 g/mol. The largest absolute Gasteiger partial charge is 0.481 e. The first-order valence-electron chi connectivity index (χ1n) is 7.62. The number of carbonyl (C=O) groups is 2. The third kappa shape index (κ3) is 9.78. The van der Waals surface area contributed by atoms with Gasteiger partial charge >= 0.3 is 5.97 Å². The maximum Gasteiger partial charge on any atom is 0.304 e.